The number of carbonyl (C=O) groups is 4. The largest absolute Gasteiger partial charge is 0.471 e. The number of hydrogen-bond acceptors (Lipinski definition) is 5. The van der Waals surface area contributed by atoms with Crippen LogP contribution in [0.4, 0.5) is 22.0 Å². The van der Waals surface area contributed by atoms with Gasteiger partial charge in [0, 0.05) is 37.1 Å². The van der Waals surface area contributed by atoms with Gasteiger partial charge < -0.3 is 21.3 Å². The van der Waals surface area contributed by atoms with Crippen LogP contribution < -0.4 is 21.3 Å². The summed E-state index contributed by atoms with van der Waals surface area (Å²) in [4.78, 5) is 54.0. The molecular formula is C24H34F5N5O4. The molecule has 214 valence electrons. The van der Waals surface area contributed by atoms with E-state index in [0.717, 1.165) is 12.8 Å². The van der Waals surface area contributed by atoms with Crippen LogP contribution in [0.25, 0.3) is 0 Å². The van der Waals surface area contributed by atoms with Crippen molar-refractivity contribution in [2.75, 3.05) is 7.05 Å². The van der Waals surface area contributed by atoms with Crippen molar-refractivity contribution in [2.45, 2.75) is 95.1 Å². The van der Waals surface area contributed by atoms with Gasteiger partial charge in [0.1, 0.15) is 12.1 Å². The molecule has 1 heterocycles. The third-order valence-corrected chi connectivity index (χ3v) is 7.21. The van der Waals surface area contributed by atoms with E-state index in [9.17, 15) is 41.1 Å². The van der Waals surface area contributed by atoms with Crippen molar-refractivity contribution in [1.82, 2.24) is 21.3 Å². The Bertz CT molecular complexity index is 990. The molecule has 38 heavy (non-hydrogen) atoms. The molecule has 9 nitrogen and oxygen atoms in total. The monoisotopic (exact) mass is 551 g/mol. The van der Waals surface area contributed by atoms with Gasteiger partial charge in [0.15, 0.2) is 0 Å². The molecule has 3 rings (SSSR count). The van der Waals surface area contributed by atoms with Crippen molar-refractivity contribution in [2.24, 2.45) is 22.2 Å². The van der Waals surface area contributed by atoms with E-state index in [4.69, 9.17) is 0 Å². The first-order chi connectivity index (χ1) is 17.4. The van der Waals surface area contributed by atoms with Crippen molar-refractivity contribution in [3.05, 3.63) is 0 Å². The highest BCUT2D eigenvalue weighted by Gasteiger charge is 2.58. The molecule has 0 aromatic carbocycles. The predicted octanol–water partition coefficient (Wildman–Crippen LogP) is 1.85. The van der Waals surface area contributed by atoms with Crippen molar-refractivity contribution in [3.63, 3.8) is 0 Å². The number of rotatable bonds is 10. The van der Waals surface area contributed by atoms with E-state index in [1.807, 2.05) is 0 Å². The zero-order valence-electron chi connectivity index (χ0n) is 21.7. The van der Waals surface area contributed by atoms with Crippen LogP contribution in [-0.2, 0) is 19.2 Å². The number of hydrogen-bond donors (Lipinski definition) is 4. The van der Waals surface area contributed by atoms with E-state index >= 15 is 0 Å². The van der Waals surface area contributed by atoms with E-state index in [1.54, 1.807) is 5.32 Å². The van der Waals surface area contributed by atoms with Crippen LogP contribution in [0.15, 0.2) is 4.99 Å². The fourth-order valence-corrected chi connectivity index (χ4v) is 4.76. The fourth-order valence-electron chi connectivity index (χ4n) is 4.76. The first kappa shape index (κ1) is 29.8. The summed E-state index contributed by atoms with van der Waals surface area (Å²) in [7, 11) is 1.46. The maximum Gasteiger partial charge on any atom is 0.471 e. The number of amides is 4. The van der Waals surface area contributed by atoms with Crippen LogP contribution >= 0.6 is 0 Å². The average molecular weight is 552 g/mol. The molecule has 2 saturated carbocycles. The fraction of sp³-hybridized carbons (Fsp3) is 0.792. The van der Waals surface area contributed by atoms with E-state index in [0.29, 0.717) is 6.42 Å². The molecule has 14 heteroatoms. The van der Waals surface area contributed by atoms with Gasteiger partial charge in [0.05, 0.1) is 6.04 Å². The van der Waals surface area contributed by atoms with Crippen molar-refractivity contribution in [3.8, 4) is 0 Å². The minimum absolute atomic E-state index is 0.151. The van der Waals surface area contributed by atoms with Crippen LogP contribution in [-0.4, -0.2) is 72.7 Å². The summed E-state index contributed by atoms with van der Waals surface area (Å²) in [5, 5.41) is 9.48. The number of carbonyl (C=O) groups excluding carboxylic acids is 4. The molecule has 5 atom stereocenters. The zero-order valence-corrected chi connectivity index (χ0v) is 21.7. The smallest absolute Gasteiger partial charge is 0.350 e. The summed E-state index contributed by atoms with van der Waals surface area (Å²) in [6.45, 7) is 4.22. The molecule has 1 saturated heterocycles. The lowest BCUT2D eigenvalue weighted by Gasteiger charge is -2.32. The molecule has 5 unspecified atom stereocenters. The topological polar surface area (TPSA) is 129 Å². The Kier molecular flexibility index (Phi) is 8.14. The van der Waals surface area contributed by atoms with Gasteiger partial charge in [-0.1, -0.05) is 20.8 Å². The summed E-state index contributed by atoms with van der Waals surface area (Å²) in [6.07, 6.45) is -2.28. The van der Waals surface area contributed by atoms with Gasteiger partial charge in [0.25, 0.3) is 5.92 Å². The van der Waals surface area contributed by atoms with E-state index in [2.05, 4.69) is 20.9 Å². The Balaban J connectivity index is 1.73. The summed E-state index contributed by atoms with van der Waals surface area (Å²) in [6, 6.07) is -3.98. The highest BCUT2D eigenvalue weighted by molar-refractivity contribution is 5.94. The summed E-state index contributed by atoms with van der Waals surface area (Å²) in [5.74, 6) is -9.09. The number of aliphatic imine (C=N–C) groups is 1. The first-order valence-corrected chi connectivity index (χ1v) is 12.5. The molecule has 1 aliphatic heterocycles. The predicted molar refractivity (Wildman–Crippen MR) is 126 cm³/mol. The third kappa shape index (κ3) is 7.40. The van der Waals surface area contributed by atoms with Crippen molar-refractivity contribution in [1.29, 1.82) is 0 Å². The second-order valence-corrected chi connectivity index (χ2v) is 11.7. The lowest BCUT2D eigenvalue weighted by molar-refractivity contribution is -0.175. The summed E-state index contributed by atoms with van der Waals surface area (Å²) < 4.78 is 65.9. The maximum absolute atomic E-state index is 13.7. The maximum atomic E-state index is 13.7. The number of nitrogens with zero attached hydrogens (tertiary/aromatic N) is 1. The molecule has 0 aromatic rings. The molecule has 0 bridgehead atoms. The number of halogens is 5. The van der Waals surface area contributed by atoms with Gasteiger partial charge in [-0.05, 0) is 37.5 Å². The molecule has 3 fully saturated rings. The van der Waals surface area contributed by atoms with Crippen molar-refractivity contribution < 1.29 is 41.1 Å². The Labute approximate surface area is 217 Å². The Morgan fingerprint density at radius 2 is 1.66 bits per heavy atom. The molecule has 3 aliphatic rings. The van der Waals surface area contributed by atoms with Crippen molar-refractivity contribution >= 4 is 29.8 Å². The van der Waals surface area contributed by atoms with E-state index in [1.165, 1.54) is 34.0 Å². The van der Waals surface area contributed by atoms with Crippen LogP contribution in [0.3, 0.4) is 0 Å². The van der Waals surface area contributed by atoms with E-state index < -0.39 is 78.0 Å². The Morgan fingerprint density at radius 1 is 1.05 bits per heavy atom. The normalized spacial score (nSPS) is 25.9. The van der Waals surface area contributed by atoms with Crippen LogP contribution in [0, 0.1) is 17.3 Å². The summed E-state index contributed by atoms with van der Waals surface area (Å²) >= 11 is 0. The molecule has 4 N–H and O–H groups in total. The molecule has 1 spiro atoms. The molecular weight excluding hydrogens is 517 g/mol. The van der Waals surface area contributed by atoms with Gasteiger partial charge in [0.2, 0.25) is 17.7 Å². The minimum Gasteiger partial charge on any atom is -0.350 e. The molecule has 0 aromatic heterocycles. The third-order valence-electron chi connectivity index (χ3n) is 7.21. The van der Waals surface area contributed by atoms with Crippen LogP contribution in [0.2, 0.25) is 0 Å². The zero-order chi connectivity index (χ0) is 28.7. The lowest BCUT2D eigenvalue weighted by atomic mass is 9.85. The van der Waals surface area contributed by atoms with Gasteiger partial charge in [-0.15, -0.1) is 0 Å². The second kappa shape index (κ2) is 10.4. The van der Waals surface area contributed by atoms with Crippen LogP contribution in [0.1, 0.15) is 59.3 Å². The van der Waals surface area contributed by atoms with Crippen LogP contribution in [0.5, 0.6) is 0 Å². The van der Waals surface area contributed by atoms with Gasteiger partial charge in [-0.2, -0.15) is 13.2 Å². The lowest BCUT2D eigenvalue weighted by Crippen LogP contribution is -2.60. The van der Waals surface area contributed by atoms with Gasteiger partial charge in [-0.25, -0.2) is 8.78 Å². The van der Waals surface area contributed by atoms with Gasteiger partial charge >= 0.3 is 12.1 Å². The highest BCUT2D eigenvalue weighted by Crippen LogP contribution is 2.51. The highest BCUT2D eigenvalue weighted by atomic mass is 19.4. The van der Waals surface area contributed by atoms with Gasteiger partial charge in [-0.3, -0.25) is 24.2 Å². The number of alkyl halides is 5. The SMILES string of the molecule is CN=CC(CC1CC2(CC2)NC1=O)NC(=O)C(CC1CC1(F)F)NC(=O)C(NC(=O)C(F)(F)F)C(C)(C)C. The summed E-state index contributed by atoms with van der Waals surface area (Å²) in [5.41, 5.74) is -1.40. The standard InChI is InChI=1S/C24H34F5N5O4/c1-21(2,3)16(33-20(38)24(27,28)29)19(37)32-15(8-13-10-23(13,25)26)18(36)31-14(11-30-4)7-12-9-22(5-6-22)34-17(12)35/h11-16H,5-10H2,1-4H3,(H,31,36)(H,32,37)(H,33,38)(H,34,35). The molecule has 0 radical (unpaired) electrons. The second-order valence-electron chi connectivity index (χ2n) is 11.7. The number of nitrogens with one attached hydrogen (secondary N) is 4. The quantitative estimate of drug-likeness (QED) is 0.244. The average Bonchev–Trinajstić information content (AvgIpc) is 3.62. The Hall–Kier alpha value is -2.80. The molecule has 2 aliphatic carbocycles. The Morgan fingerprint density at radius 3 is 2.11 bits per heavy atom. The minimum atomic E-state index is -5.26. The first-order valence-electron chi connectivity index (χ1n) is 12.5. The van der Waals surface area contributed by atoms with E-state index in [-0.39, 0.29) is 17.9 Å². The molecule has 4 amide bonds.